The Morgan fingerprint density at radius 1 is 1.32 bits per heavy atom. The Labute approximate surface area is 119 Å². The van der Waals surface area contributed by atoms with Crippen molar-refractivity contribution in [2.45, 2.75) is 38.8 Å². The zero-order chi connectivity index (χ0) is 13.7. The largest absolute Gasteiger partial charge is 0.351 e. The van der Waals surface area contributed by atoms with Gasteiger partial charge in [-0.3, -0.25) is 9.69 Å². The maximum Gasteiger partial charge on any atom is 0.237 e. The molecule has 0 unspecified atom stereocenters. The average Bonchev–Trinajstić information content (AvgIpc) is 2.46. The fourth-order valence-corrected chi connectivity index (χ4v) is 2.65. The van der Waals surface area contributed by atoms with E-state index in [1.807, 2.05) is 31.2 Å². The molecule has 1 aromatic carbocycles. The van der Waals surface area contributed by atoms with Gasteiger partial charge in [-0.1, -0.05) is 36.2 Å². The monoisotopic (exact) mass is 280 g/mol. The van der Waals surface area contributed by atoms with Crippen LogP contribution in [0.15, 0.2) is 24.3 Å². The Bertz CT molecular complexity index is 430. The van der Waals surface area contributed by atoms with E-state index < -0.39 is 0 Å². The molecule has 1 aliphatic heterocycles. The molecule has 0 bridgehead atoms. The summed E-state index contributed by atoms with van der Waals surface area (Å²) in [5.41, 5.74) is 0.961. The summed E-state index contributed by atoms with van der Waals surface area (Å²) in [6.45, 7) is 4.53. The lowest BCUT2D eigenvalue weighted by molar-refractivity contribution is -0.126. The topological polar surface area (TPSA) is 32.3 Å². The minimum absolute atomic E-state index is 0.0530. The summed E-state index contributed by atoms with van der Waals surface area (Å²) >= 11 is 6.07. The normalized spacial score (nSPS) is 18.0. The van der Waals surface area contributed by atoms with E-state index in [1.165, 1.54) is 19.3 Å². The first-order valence-electron chi connectivity index (χ1n) is 6.93. The number of hydrogen-bond donors (Lipinski definition) is 1. The van der Waals surface area contributed by atoms with Crippen LogP contribution in [0.4, 0.5) is 0 Å². The van der Waals surface area contributed by atoms with Gasteiger partial charge in [-0.15, -0.1) is 0 Å². The first-order valence-corrected chi connectivity index (χ1v) is 7.31. The van der Waals surface area contributed by atoms with E-state index in [2.05, 4.69) is 10.2 Å². The number of nitrogens with zero attached hydrogens (tertiary/aromatic N) is 1. The van der Waals surface area contributed by atoms with Gasteiger partial charge in [-0.25, -0.2) is 0 Å². The molecule has 1 fully saturated rings. The van der Waals surface area contributed by atoms with E-state index >= 15 is 0 Å². The summed E-state index contributed by atoms with van der Waals surface area (Å²) in [5, 5.41) is 3.67. The van der Waals surface area contributed by atoms with Gasteiger partial charge in [0.15, 0.2) is 0 Å². The van der Waals surface area contributed by atoms with Crippen molar-refractivity contribution >= 4 is 17.5 Å². The Kier molecular flexibility index (Phi) is 5.23. The number of carbonyl (C=O) groups excluding carboxylic acids is 1. The number of halogens is 1. The third-order valence-corrected chi connectivity index (χ3v) is 4.10. The fraction of sp³-hybridized carbons (Fsp3) is 0.533. The first kappa shape index (κ1) is 14.4. The highest BCUT2D eigenvalue weighted by atomic mass is 35.5. The number of benzene rings is 1. The van der Waals surface area contributed by atoms with Crippen LogP contribution < -0.4 is 5.32 Å². The van der Waals surface area contributed by atoms with Gasteiger partial charge < -0.3 is 5.32 Å². The van der Waals surface area contributed by atoms with Crippen molar-refractivity contribution in [3.63, 3.8) is 0 Å². The van der Waals surface area contributed by atoms with Crippen LogP contribution in [0.3, 0.4) is 0 Å². The van der Waals surface area contributed by atoms with Crippen molar-refractivity contribution in [1.29, 1.82) is 0 Å². The van der Waals surface area contributed by atoms with Crippen LogP contribution >= 0.6 is 11.6 Å². The summed E-state index contributed by atoms with van der Waals surface area (Å²) in [5.74, 6) is 0.0850. The lowest BCUT2D eigenvalue weighted by Gasteiger charge is -2.31. The van der Waals surface area contributed by atoms with Crippen LogP contribution in [0.25, 0.3) is 0 Å². The zero-order valence-electron chi connectivity index (χ0n) is 11.4. The van der Waals surface area contributed by atoms with Crippen LogP contribution in [-0.2, 0) is 11.3 Å². The Morgan fingerprint density at radius 3 is 2.68 bits per heavy atom. The maximum absolute atomic E-state index is 12.1. The van der Waals surface area contributed by atoms with Crippen molar-refractivity contribution in [2.24, 2.45) is 0 Å². The number of likely N-dealkylation sites (tertiary alicyclic amines) is 1. The Hall–Kier alpha value is -1.06. The van der Waals surface area contributed by atoms with Crippen LogP contribution in [0.2, 0.25) is 5.02 Å². The first-order chi connectivity index (χ1) is 9.18. The maximum atomic E-state index is 12.1. The predicted octanol–water partition coefficient (Wildman–Crippen LogP) is 2.83. The summed E-state index contributed by atoms with van der Waals surface area (Å²) in [7, 11) is 0. The van der Waals surface area contributed by atoms with Crippen LogP contribution in [-0.4, -0.2) is 29.9 Å². The van der Waals surface area contributed by atoms with Gasteiger partial charge in [-0.2, -0.15) is 0 Å². The molecule has 0 radical (unpaired) electrons. The van der Waals surface area contributed by atoms with Crippen LogP contribution in [0.1, 0.15) is 31.7 Å². The Morgan fingerprint density at radius 2 is 2.00 bits per heavy atom. The molecule has 0 spiro atoms. The fourth-order valence-electron chi connectivity index (χ4n) is 2.44. The minimum atomic E-state index is -0.0530. The van der Waals surface area contributed by atoms with Gasteiger partial charge in [0.1, 0.15) is 0 Å². The lowest BCUT2D eigenvalue weighted by atomic mass is 10.1. The van der Waals surface area contributed by atoms with Crippen molar-refractivity contribution in [1.82, 2.24) is 10.2 Å². The summed E-state index contributed by atoms with van der Waals surface area (Å²) in [6, 6.07) is 7.55. The average molecular weight is 281 g/mol. The smallest absolute Gasteiger partial charge is 0.237 e. The SMILES string of the molecule is C[C@@H](C(=O)NCc1ccccc1Cl)N1CCCCC1. The number of carbonyl (C=O) groups is 1. The number of rotatable bonds is 4. The Balaban J connectivity index is 1.85. The third-order valence-electron chi connectivity index (χ3n) is 3.73. The van der Waals surface area contributed by atoms with Crippen LogP contribution in [0.5, 0.6) is 0 Å². The van der Waals surface area contributed by atoms with E-state index in [4.69, 9.17) is 11.6 Å². The molecule has 0 aliphatic carbocycles. The highest BCUT2D eigenvalue weighted by molar-refractivity contribution is 6.31. The molecule has 1 saturated heterocycles. The second-order valence-electron chi connectivity index (χ2n) is 5.08. The molecule has 104 valence electrons. The molecular formula is C15H21ClN2O. The number of amides is 1. The molecule has 1 atom stereocenters. The van der Waals surface area contributed by atoms with Gasteiger partial charge in [0.2, 0.25) is 5.91 Å². The molecule has 0 aromatic heterocycles. The van der Waals surface area contributed by atoms with E-state index in [9.17, 15) is 4.79 Å². The standard InChI is InChI=1S/C15H21ClN2O/c1-12(18-9-5-2-6-10-18)15(19)17-11-13-7-3-4-8-14(13)16/h3-4,7-8,12H,2,5-6,9-11H2,1H3,(H,17,19)/t12-/m0/s1. The van der Waals surface area contributed by atoms with Gasteiger partial charge >= 0.3 is 0 Å². The third kappa shape index (κ3) is 3.95. The van der Waals surface area contributed by atoms with Crippen molar-refractivity contribution in [3.8, 4) is 0 Å². The highest BCUT2D eigenvalue weighted by Gasteiger charge is 2.22. The highest BCUT2D eigenvalue weighted by Crippen LogP contribution is 2.15. The van der Waals surface area contributed by atoms with Gasteiger partial charge in [0.05, 0.1) is 6.04 Å². The second kappa shape index (κ2) is 6.92. The lowest BCUT2D eigenvalue weighted by Crippen LogP contribution is -2.46. The molecule has 1 aromatic rings. The molecule has 19 heavy (non-hydrogen) atoms. The summed E-state index contributed by atoms with van der Waals surface area (Å²) < 4.78 is 0. The molecule has 2 rings (SSSR count). The second-order valence-corrected chi connectivity index (χ2v) is 5.49. The van der Waals surface area contributed by atoms with E-state index in [0.717, 1.165) is 18.7 Å². The molecule has 1 heterocycles. The molecule has 1 N–H and O–H groups in total. The number of nitrogens with one attached hydrogen (secondary N) is 1. The van der Waals surface area contributed by atoms with Gasteiger partial charge in [0, 0.05) is 11.6 Å². The van der Waals surface area contributed by atoms with Gasteiger partial charge in [0.25, 0.3) is 0 Å². The molecule has 4 heteroatoms. The number of piperidine rings is 1. The van der Waals surface area contributed by atoms with Gasteiger partial charge in [-0.05, 0) is 44.5 Å². The molecular weight excluding hydrogens is 260 g/mol. The minimum Gasteiger partial charge on any atom is -0.351 e. The summed E-state index contributed by atoms with van der Waals surface area (Å²) in [6.07, 6.45) is 3.68. The van der Waals surface area contributed by atoms with Crippen molar-refractivity contribution < 1.29 is 4.79 Å². The quantitative estimate of drug-likeness (QED) is 0.920. The molecule has 0 saturated carbocycles. The van der Waals surface area contributed by atoms with E-state index in [1.54, 1.807) is 0 Å². The molecule has 1 amide bonds. The predicted molar refractivity (Wildman–Crippen MR) is 78.2 cm³/mol. The zero-order valence-corrected chi connectivity index (χ0v) is 12.1. The summed E-state index contributed by atoms with van der Waals surface area (Å²) in [4.78, 5) is 14.4. The molecule has 3 nitrogen and oxygen atoms in total. The van der Waals surface area contributed by atoms with E-state index in [0.29, 0.717) is 11.6 Å². The van der Waals surface area contributed by atoms with Crippen LogP contribution in [0, 0.1) is 0 Å². The van der Waals surface area contributed by atoms with Crippen molar-refractivity contribution in [2.75, 3.05) is 13.1 Å². The van der Waals surface area contributed by atoms with Crippen molar-refractivity contribution in [3.05, 3.63) is 34.9 Å². The van der Waals surface area contributed by atoms with E-state index in [-0.39, 0.29) is 11.9 Å². The molecule has 1 aliphatic rings. The number of hydrogen-bond acceptors (Lipinski definition) is 2.